The Labute approximate surface area is 112 Å². The summed E-state index contributed by atoms with van der Waals surface area (Å²) in [6.45, 7) is 4.43. The second-order valence-corrected chi connectivity index (χ2v) is 4.65. The molecule has 0 unspecified atom stereocenters. The van der Waals surface area contributed by atoms with E-state index in [1.54, 1.807) is 0 Å². The summed E-state index contributed by atoms with van der Waals surface area (Å²) in [7, 11) is 0. The molecular formula is C16H16O3. The number of fused-ring (bicyclic) bond motifs is 3. The van der Waals surface area contributed by atoms with Crippen LogP contribution in [0.5, 0.6) is 0 Å². The van der Waals surface area contributed by atoms with Gasteiger partial charge in [-0.1, -0.05) is 36.4 Å². The maximum Gasteiger partial charge on any atom is 0.503 e. The number of hydrogen-bond acceptors (Lipinski definition) is 1. The Morgan fingerprint density at radius 1 is 1.00 bits per heavy atom. The number of carboxylic acid groups (broad SMARTS) is 2. The van der Waals surface area contributed by atoms with Crippen LogP contribution >= 0.6 is 0 Å². The molecule has 0 bridgehead atoms. The van der Waals surface area contributed by atoms with Gasteiger partial charge < -0.3 is 10.2 Å². The summed E-state index contributed by atoms with van der Waals surface area (Å²) in [5.74, 6) is 0. The molecule has 3 rings (SSSR count). The lowest BCUT2D eigenvalue weighted by molar-refractivity contribution is 0.137. The second-order valence-electron chi connectivity index (χ2n) is 4.65. The molecule has 2 aromatic rings. The topological polar surface area (TPSA) is 57.5 Å². The van der Waals surface area contributed by atoms with E-state index in [-0.39, 0.29) is 0 Å². The summed E-state index contributed by atoms with van der Waals surface area (Å²) >= 11 is 0. The fourth-order valence-corrected chi connectivity index (χ4v) is 2.48. The molecule has 0 saturated carbocycles. The van der Waals surface area contributed by atoms with E-state index in [2.05, 4.69) is 50.2 Å². The number of carbonyl (C=O) groups is 1. The molecule has 0 fully saturated rings. The summed E-state index contributed by atoms with van der Waals surface area (Å²) in [5.41, 5.74) is 8.73. The predicted molar refractivity (Wildman–Crippen MR) is 74.8 cm³/mol. The zero-order chi connectivity index (χ0) is 14.0. The van der Waals surface area contributed by atoms with Crippen LogP contribution in [-0.2, 0) is 6.42 Å². The van der Waals surface area contributed by atoms with Gasteiger partial charge in [-0.2, -0.15) is 0 Å². The van der Waals surface area contributed by atoms with Crippen molar-refractivity contribution in [1.29, 1.82) is 0 Å². The lowest BCUT2D eigenvalue weighted by Crippen LogP contribution is -1.89. The lowest BCUT2D eigenvalue weighted by atomic mass is 9.98. The van der Waals surface area contributed by atoms with E-state index in [9.17, 15) is 0 Å². The predicted octanol–water partition coefficient (Wildman–Crippen LogP) is 4.10. The first-order valence-electron chi connectivity index (χ1n) is 6.10. The molecule has 3 nitrogen and oxygen atoms in total. The first-order chi connectivity index (χ1) is 9.00. The van der Waals surface area contributed by atoms with Gasteiger partial charge in [-0.3, -0.25) is 0 Å². The van der Waals surface area contributed by atoms with Crippen molar-refractivity contribution in [3.05, 3.63) is 58.7 Å². The molecule has 3 heteroatoms. The van der Waals surface area contributed by atoms with Gasteiger partial charge in [0.15, 0.2) is 0 Å². The molecule has 98 valence electrons. The van der Waals surface area contributed by atoms with Gasteiger partial charge >= 0.3 is 6.16 Å². The van der Waals surface area contributed by atoms with Crippen molar-refractivity contribution in [3.63, 3.8) is 0 Å². The molecule has 2 N–H and O–H groups in total. The normalized spacial score (nSPS) is 11.1. The second kappa shape index (κ2) is 5.14. The standard InChI is InChI=1S/C15H14.CH2O3/c1-10-7-8-14-13-6-4-3-5-12(13)9-15(14)11(10)2;2-1(3)4/h3-8H,9H2,1-2H3;(H2,2,3,4). The molecule has 1 aliphatic carbocycles. The van der Waals surface area contributed by atoms with Gasteiger partial charge in [-0.05, 0) is 53.6 Å². The van der Waals surface area contributed by atoms with Gasteiger partial charge in [-0.15, -0.1) is 0 Å². The van der Waals surface area contributed by atoms with Gasteiger partial charge in [-0.25, -0.2) is 4.79 Å². The maximum absolute atomic E-state index is 8.56. The van der Waals surface area contributed by atoms with Crippen molar-refractivity contribution in [1.82, 2.24) is 0 Å². The van der Waals surface area contributed by atoms with E-state index in [1.807, 2.05) is 0 Å². The van der Waals surface area contributed by atoms with Crippen LogP contribution < -0.4 is 0 Å². The molecule has 0 aromatic heterocycles. The van der Waals surface area contributed by atoms with E-state index < -0.39 is 6.16 Å². The minimum absolute atomic E-state index is 1.11. The minimum atomic E-state index is -1.83. The van der Waals surface area contributed by atoms with E-state index >= 15 is 0 Å². The number of benzene rings is 2. The van der Waals surface area contributed by atoms with Crippen LogP contribution in [0.4, 0.5) is 4.79 Å². The van der Waals surface area contributed by atoms with Crippen LogP contribution in [0.25, 0.3) is 11.1 Å². The smallest absolute Gasteiger partial charge is 0.450 e. The summed E-state index contributed by atoms with van der Waals surface area (Å²) < 4.78 is 0. The molecule has 0 spiro atoms. The van der Waals surface area contributed by atoms with Crippen LogP contribution in [0, 0.1) is 13.8 Å². The molecule has 2 aromatic carbocycles. The summed E-state index contributed by atoms with van der Waals surface area (Å²) in [4.78, 5) is 8.56. The Bertz CT molecular complexity index is 626. The van der Waals surface area contributed by atoms with Crippen molar-refractivity contribution in [3.8, 4) is 11.1 Å². The number of rotatable bonds is 0. The van der Waals surface area contributed by atoms with Gasteiger partial charge in [0.2, 0.25) is 0 Å². The molecule has 0 heterocycles. The van der Waals surface area contributed by atoms with Gasteiger partial charge in [0.1, 0.15) is 0 Å². The molecule has 1 aliphatic rings. The van der Waals surface area contributed by atoms with Crippen molar-refractivity contribution >= 4 is 6.16 Å². The SMILES string of the molecule is Cc1ccc2c(c1C)Cc1ccccc1-2.O=C(O)O. The molecule has 0 saturated heterocycles. The molecular weight excluding hydrogens is 240 g/mol. The summed E-state index contributed by atoms with van der Waals surface area (Å²) in [5, 5.41) is 13.9. The third-order valence-corrected chi connectivity index (χ3v) is 3.54. The minimum Gasteiger partial charge on any atom is -0.450 e. The Balaban J connectivity index is 0.000000297. The lowest BCUT2D eigenvalue weighted by Gasteiger charge is -2.06. The number of aryl methyl sites for hydroxylation is 1. The highest BCUT2D eigenvalue weighted by atomic mass is 16.6. The molecule has 19 heavy (non-hydrogen) atoms. The van der Waals surface area contributed by atoms with Crippen molar-refractivity contribution in [2.45, 2.75) is 20.3 Å². The summed E-state index contributed by atoms with van der Waals surface area (Å²) in [6, 6.07) is 13.2. The van der Waals surface area contributed by atoms with Crippen molar-refractivity contribution in [2.24, 2.45) is 0 Å². The van der Waals surface area contributed by atoms with Crippen LogP contribution in [0.1, 0.15) is 22.3 Å². The quantitative estimate of drug-likeness (QED) is 0.636. The van der Waals surface area contributed by atoms with Crippen molar-refractivity contribution in [2.75, 3.05) is 0 Å². The Kier molecular flexibility index (Phi) is 3.56. The van der Waals surface area contributed by atoms with Gasteiger partial charge in [0.25, 0.3) is 0 Å². The summed E-state index contributed by atoms with van der Waals surface area (Å²) in [6.07, 6.45) is -0.723. The highest BCUT2D eigenvalue weighted by Gasteiger charge is 2.19. The van der Waals surface area contributed by atoms with E-state index in [0.717, 1.165) is 6.42 Å². The van der Waals surface area contributed by atoms with E-state index in [1.165, 1.54) is 33.4 Å². The molecule has 0 amide bonds. The Morgan fingerprint density at radius 2 is 1.63 bits per heavy atom. The fourth-order valence-electron chi connectivity index (χ4n) is 2.48. The Hall–Kier alpha value is -2.29. The molecule has 0 atom stereocenters. The first-order valence-corrected chi connectivity index (χ1v) is 6.10. The van der Waals surface area contributed by atoms with Crippen LogP contribution in [0.3, 0.4) is 0 Å². The fraction of sp³-hybridized carbons (Fsp3) is 0.188. The third kappa shape index (κ3) is 2.60. The molecule has 0 radical (unpaired) electrons. The maximum atomic E-state index is 8.56. The van der Waals surface area contributed by atoms with E-state index in [4.69, 9.17) is 15.0 Å². The van der Waals surface area contributed by atoms with Gasteiger partial charge in [0, 0.05) is 0 Å². The Morgan fingerprint density at radius 3 is 2.32 bits per heavy atom. The zero-order valence-electron chi connectivity index (χ0n) is 11.0. The highest BCUT2D eigenvalue weighted by molar-refractivity contribution is 5.78. The average molecular weight is 256 g/mol. The highest BCUT2D eigenvalue weighted by Crippen LogP contribution is 2.38. The monoisotopic (exact) mass is 256 g/mol. The largest absolute Gasteiger partial charge is 0.503 e. The molecule has 0 aliphatic heterocycles. The average Bonchev–Trinajstić information content (AvgIpc) is 2.73. The number of hydrogen-bond donors (Lipinski definition) is 2. The van der Waals surface area contributed by atoms with Crippen LogP contribution in [-0.4, -0.2) is 16.4 Å². The van der Waals surface area contributed by atoms with Gasteiger partial charge in [0.05, 0.1) is 0 Å². The zero-order valence-corrected chi connectivity index (χ0v) is 11.0. The van der Waals surface area contributed by atoms with Crippen molar-refractivity contribution < 1.29 is 15.0 Å². The van der Waals surface area contributed by atoms with Crippen LogP contribution in [0.15, 0.2) is 36.4 Å². The van der Waals surface area contributed by atoms with E-state index in [0.29, 0.717) is 0 Å². The third-order valence-electron chi connectivity index (χ3n) is 3.54. The first kappa shape index (κ1) is 13.1. The van der Waals surface area contributed by atoms with Crippen LogP contribution in [0.2, 0.25) is 0 Å².